The van der Waals surface area contributed by atoms with Gasteiger partial charge in [-0.1, -0.05) is 23.7 Å². The van der Waals surface area contributed by atoms with Gasteiger partial charge in [-0.3, -0.25) is 9.78 Å². The van der Waals surface area contributed by atoms with Gasteiger partial charge in [0.2, 0.25) is 0 Å². The molecule has 0 spiro atoms. The first-order valence-electron chi connectivity index (χ1n) is 5.37. The molecule has 18 heavy (non-hydrogen) atoms. The molecule has 3 N–H and O–H groups in total. The van der Waals surface area contributed by atoms with Crippen molar-refractivity contribution < 1.29 is 4.79 Å². The number of amides is 1. The zero-order valence-electron chi connectivity index (χ0n) is 9.61. The number of rotatable bonds is 3. The van der Waals surface area contributed by atoms with E-state index in [0.717, 1.165) is 5.39 Å². The molecule has 4 nitrogen and oxygen atoms in total. The number of halogens is 1. The van der Waals surface area contributed by atoms with Crippen molar-refractivity contribution in [2.45, 2.75) is 0 Å². The molecule has 0 saturated carbocycles. The number of pyridine rings is 1. The largest absolute Gasteiger partial charge is 0.397 e. The highest BCUT2D eigenvalue weighted by Gasteiger charge is 2.13. The highest BCUT2D eigenvalue weighted by Crippen LogP contribution is 2.29. The second-order valence-electron chi connectivity index (χ2n) is 3.71. The van der Waals surface area contributed by atoms with Crippen LogP contribution in [0.1, 0.15) is 10.5 Å². The molecule has 0 radical (unpaired) electrons. The fraction of sp³-hybridized carbons (Fsp3) is 0.0769. The number of hydrogen-bond acceptors (Lipinski definition) is 3. The van der Waals surface area contributed by atoms with E-state index in [4.69, 9.17) is 17.3 Å². The van der Waals surface area contributed by atoms with Crippen LogP contribution in [0.15, 0.2) is 37.1 Å². The lowest BCUT2D eigenvalue weighted by atomic mass is 10.1. The predicted octanol–water partition coefficient (Wildman–Crippen LogP) is 2.39. The lowest BCUT2D eigenvalue weighted by Gasteiger charge is -2.08. The van der Waals surface area contributed by atoms with Gasteiger partial charge in [0.25, 0.3) is 5.91 Å². The van der Waals surface area contributed by atoms with E-state index >= 15 is 0 Å². The smallest absolute Gasteiger partial charge is 0.270 e. The number of carbonyl (C=O) groups is 1. The maximum Gasteiger partial charge on any atom is 0.270 e. The minimum atomic E-state index is -0.262. The van der Waals surface area contributed by atoms with Crippen molar-refractivity contribution >= 4 is 34.0 Å². The molecule has 1 heterocycles. The van der Waals surface area contributed by atoms with Crippen molar-refractivity contribution in [3.05, 3.63) is 47.8 Å². The molecule has 0 fully saturated rings. The number of hydrogen-bond donors (Lipinski definition) is 2. The molecule has 0 aliphatic rings. The van der Waals surface area contributed by atoms with E-state index in [1.54, 1.807) is 24.3 Å². The summed E-state index contributed by atoms with van der Waals surface area (Å²) in [6.07, 6.45) is 3.14. The second-order valence-corrected chi connectivity index (χ2v) is 4.12. The number of nitrogens with two attached hydrogens (primary N) is 1. The molecular weight excluding hydrogens is 250 g/mol. The van der Waals surface area contributed by atoms with Crippen molar-refractivity contribution in [2.24, 2.45) is 0 Å². The van der Waals surface area contributed by atoms with Gasteiger partial charge < -0.3 is 11.1 Å². The fourth-order valence-electron chi connectivity index (χ4n) is 1.68. The summed E-state index contributed by atoms with van der Waals surface area (Å²) < 4.78 is 0. The zero-order chi connectivity index (χ0) is 13.1. The molecule has 2 rings (SSSR count). The van der Waals surface area contributed by atoms with Crippen LogP contribution < -0.4 is 11.1 Å². The Kier molecular flexibility index (Phi) is 3.48. The maximum atomic E-state index is 11.9. The fourth-order valence-corrected chi connectivity index (χ4v) is 1.85. The Morgan fingerprint density at radius 1 is 1.44 bits per heavy atom. The first kappa shape index (κ1) is 12.4. The molecule has 92 valence electrons. The summed E-state index contributed by atoms with van der Waals surface area (Å²) in [5.74, 6) is -0.262. The first-order chi connectivity index (χ1) is 8.65. The summed E-state index contributed by atoms with van der Waals surface area (Å²) in [6, 6.07) is 5.13. The van der Waals surface area contributed by atoms with Crippen molar-refractivity contribution in [1.82, 2.24) is 10.3 Å². The molecule has 0 unspecified atom stereocenters. The van der Waals surface area contributed by atoms with E-state index in [0.29, 0.717) is 28.3 Å². The standard InChI is InChI=1S/C13H12ClN3O/c1-2-6-17-13(18)12-9-3-4-10(14)11(15)8(9)5-7-16-12/h2-5,7H,1,6,15H2,(H,17,18). The Morgan fingerprint density at radius 2 is 2.22 bits per heavy atom. The number of nitrogens with one attached hydrogen (secondary N) is 1. The summed E-state index contributed by atoms with van der Waals surface area (Å²) in [5, 5.41) is 4.55. The Bertz CT molecular complexity index is 625. The number of benzene rings is 1. The number of nitrogen functional groups attached to an aromatic ring is 1. The molecule has 1 amide bonds. The highest BCUT2D eigenvalue weighted by atomic mass is 35.5. The van der Waals surface area contributed by atoms with E-state index in [2.05, 4.69) is 16.9 Å². The van der Waals surface area contributed by atoms with E-state index in [-0.39, 0.29) is 5.91 Å². The molecule has 0 aliphatic heterocycles. The third-order valence-corrected chi connectivity index (χ3v) is 2.89. The second kappa shape index (κ2) is 5.06. The average Bonchev–Trinajstić information content (AvgIpc) is 2.39. The molecule has 2 aromatic rings. The molecular formula is C13H12ClN3O. The third-order valence-electron chi connectivity index (χ3n) is 2.56. The van der Waals surface area contributed by atoms with Gasteiger partial charge in [0.05, 0.1) is 10.7 Å². The van der Waals surface area contributed by atoms with Gasteiger partial charge in [0, 0.05) is 23.5 Å². The minimum absolute atomic E-state index is 0.262. The van der Waals surface area contributed by atoms with Crippen LogP contribution in [0, 0.1) is 0 Å². The number of nitrogens with zero attached hydrogens (tertiary/aromatic N) is 1. The van der Waals surface area contributed by atoms with Crippen molar-refractivity contribution in [2.75, 3.05) is 12.3 Å². The van der Waals surface area contributed by atoms with Crippen LogP contribution >= 0.6 is 11.6 Å². The molecule has 5 heteroatoms. The quantitative estimate of drug-likeness (QED) is 0.658. The Balaban J connectivity index is 2.55. The van der Waals surface area contributed by atoms with Crippen LogP contribution in [0.25, 0.3) is 10.8 Å². The van der Waals surface area contributed by atoms with Crippen LogP contribution in [0.4, 0.5) is 5.69 Å². The summed E-state index contributed by atoms with van der Waals surface area (Å²) >= 11 is 5.94. The van der Waals surface area contributed by atoms with Gasteiger partial charge >= 0.3 is 0 Å². The summed E-state index contributed by atoms with van der Waals surface area (Å²) in [6.45, 7) is 3.93. The SMILES string of the molecule is C=CCNC(=O)c1nccc2c(N)c(Cl)ccc12. The molecule has 1 aromatic heterocycles. The number of aromatic nitrogens is 1. The highest BCUT2D eigenvalue weighted by molar-refractivity contribution is 6.34. The summed E-state index contributed by atoms with van der Waals surface area (Å²) in [4.78, 5) is 16.0. The van der Waals surface area contributed by atoms with Gasteiger partial charge in [0.1, 0.15) is 5.69 Å². The molecule has 1 aromatic carbocycles. The lowest BCUT2D eigenvalue weighted by molar-refractivity contribution is 0.0955. The number of fused-ring (bicyclic) bond motifs is 1. The van der Waals surface area contributed by atoms with Gasteiger partial charge in [-0.15, -0.1) is 6.58 Å². The van der Waals surface area contributed by atoms with Crippen LogP contribution in [0.2, 0.25) is 5.02 Å². The van der Waals surface area contributed by atoms with E-state index in [1.807, 2.05) is 0 Å². The van der Waals surface area contributed by atoms with Crippen LogP contribution in [-0.2, 0) is 0 Å². The lowest BCUT2D eigenvalue weighted by Crippen LogP contribution is -2.24. The maximum absolute atomic E-state index is 11.9. The molecule has 0 saturated heterocycles. The van der Waals surface area contributed by atoms with Gasteiger partial charge in [-0.25, -0.2) is 0 Å². The normalized spacial score (nSPS) is 10.3. The van der Waals surface area contributed by atoms with Gasteiger partial charge in [0.15, 0.2) is 0 Å². The zero-order valence-corrected chi connectivity index (χ0v) is 10.4. The molecule has 0 aliphatic carbocycles. The summed E-state index contributed by atoms with van der Waals surface area (Å²) in [7, 11) is 0. The molecule has 0 bridgehead atoms. The topological polar surface area (TPSA) is 68.0 Å². The minimum Gasteiger partial charge on any atom is -0.397 e. The Hall–Kier alpha value is -2.07. The van der Waals surface area contributed by atoms with Crippen molar-refractivity contribution in [3.63, 3.8) is 0 Å². The van der Waals surface area contributed by atoms with Crippen molar-refractivity contribution in [3.8, 4) is 0 Å². The van der Waals surface area contributed by atoms with Crippen LogP contribution in [0.5, 0.6) is 0 Å². The molecule has 0 atom stereocenters. The van der Waals surface area contributed by atoms with E-state index in [9.17, 15) is 4.79 Å². The number of carbonyl (C=O) groups excluding carboxylic acids is 1. The van der Waals surface area contributed by atoms with Crippen molar-refractivity contribution in [1.29, 1.82) is 0 Å². The summed E-state index contributed by atoms with van der Waals surface area (Å²) in [5.41, 5.74) is 6.66. The Morgan fingerprint density at radius 3 is 2.94 bits per heavy atom. The van der Waals surface area contributed by atoms with Gasteiger partial charge in [-0.05, 0) is 12.1 Å². The monoisotopic (exact) mass is 261 g/mol. The van der Waals surface area contributed by atoms with E-state index in [1.165, 1.54) is 6.20 Å². The van der Waals surface area contributed by atoms with E-state index < -0.39 is 0 Å². The Labute approximate surface area is 109 Å². The average molecular weight is 262 g/mol. The predicted molar refractivity (Wildman–Crippen MR) is 73.7 cm³/mol. The van der Waals surface area contributed by atoms with Crippen LogP contribution in [0.3, 0.4) is 0 Å². The first-order valence-corrected chi connectivity index (χ1v) is 5.74. The third kappa shape index (κ3) is 2.15. The number of anilines is 1. The van der Waals surface area contributed by atoms with Gasteiger partial charge in [-0.2, -0.15) is 0 Å². The van der Waals surface area contributed by atoms with Crippen LogP contribution in [-0.4, -0.2) is 17.4 Å².